The van der Waals surface area contributed by atoms with Crippen LogP contribution >= 0.6 is 0 Å². The number of aryl methyl sites for hydroxylation is 1. The lowest BCUT2D eigenvalue weighted by molar-refractivity contribution is -0.939. The van der Waals surface area contributed by atoms with Gasteiger partial charge in [-0.25, -0.2) is 4.68 Å². The average molecular weight is 456 g/mol. The highest BCUT2D eigenvalue weighted by Crippen LogP contribution is 2.15. The SMILES string of the molecule is Cc1cccc2cc(C[NH+](CCC[NH+]3CCOCC3)Cc3nnnn3C(C)(C)C)c(=O)[nH]c12. The minimum Gasteiger partial charge on any atom is -0.370 e. The topological polar surface area (TPSA) is 94.6 Å². The molecule has 2 aromatic heterocycles. The molecule has 1 fully saturated rings. The van der Waals surface area contributed by atoms with Gasteiger partial charge in [0.05, 0.1) is 42.9 Å². The van der Waals surface area contributed by atoms with E-state index in [0.717, 1.165) is 73.7 Å². The number of tetrazole rings is 1. The van der Waals surface area contributed by atoms with Crippen LogP contribution in [-0.4, -0.2) is 64.6 Å². The van der Waals surface area contributed by atoms with Crippen molar-refractivity contribution in [2.45, 2.75) is 52.7 Å². The molecule has 0 bridgehead atoms. The molecule has 4 rings (SSSR count). The van der Waals surface area contributed by atoms with E-state index in [0.29, 0.717) is 13.1 Å². The summed E-state index contributed by atoms with van der Waals surface area (Å²) in [6.45, 7) is 15.5. The molecule has 1 aliphatic heterocycles. The fourth-order valence-corrected chi connectivity index (χ4v) is 4.63. The summed E-state index contributed by atoms with van der Waals surface area (Å²) in [6, 6.07) is 8.16. The van der Waals surface area contributed by atoms with Gasteiger partial charge in [-0.05, 0) is 55.1 Å². The monoisotopic (exact) mass is 455 g/mol. The van der Waals surface area contributed by atoms with E-state index in [-0.39, 0.29) is 11.1 Å². The van der Waals surface area contributed by atoms with Gasteiger partial charge in [0.25, 0.3) is 5.56 Å². The number of pyridine rings is 1. The summed E-state index contributed by atoms with van der Waals surface area (Å²) in [5.74, 6) is 0.851. The molecule has 0 saturated carbocycles. The smallest absolute Gasteiger partial charge is 0.257 e. The van der Waals surface area contributed by atoms with Gasteiger partial charge < -0.3 is 19.5 Å². The number of aromatic amines is 1. The zero-order valence-corrected chi connectivity index (χ0v) is 20.3. The van der Waals surface area contributed by atoms with Crippen molar-refractivity contribution in [3.63, 3.8) is 0 Å². The third-order valence-electron chi connectivity index (χ3n) is 6.44. The fourth-order valence-electron chi connectivity index (χ4n) is 4.63. The molecule has 178 valence electrons. The zero-order valence-electron chi connectivity index (χ0n) is 20.3. The highest BCUT2D eigenvalue weighted by molar-refractivity contribution is 5.81. The van der Waals surface area contributed by atoms with Crippen LogP contribution in [0.5, 0.6) is 0 Å². The Kier molecular flexibility index (Phi) is 7.21. The minimum absolute atomic E-state index is 0.0106. The molecule has 0 aliphatic carbocycles. The van der Waals surface area contributed by atoms with Crippen LogP contribution < -0.4 is 15.4 Å². The number of ether oxygens (including phenoxy) is 1. The van der Waals surface area contributed by atoms with Crippen LogP contribution in [0.3, 0.4) is 0 Å². The Balaban J connectivity index is 1.54. The van der Waals surface area contributed by atoms with Gasteiger partial charge in [-0.3, -0.25) is 4.79 Å². The van der Waals surface area contributed by atoms with Crippen LogP contribution in [0.25, 0.3) is 10.9 Å². The van der Waals surface area contributed by atoms with Crippen LogP contribution in [-0.2, 0) is 23.4 Å². The van der Waals surface area contributed by atoms with E-state index in [1.165, 1.54) is 4.90 Å². The normalized spacial score (nSPS) is 16.4. The third kappa shape index (κ3) is 5.85. The molecule has 1 aromatic carbocycles. The summed E-state index contributed by atoms with van der Waals surface area (Å²) in [7, 11) is 0. The lowest BCUT2D eigenvalue weighted by atomic mass is 10.1. The van der Waals surface area contributed by atoms with E-state index in [4.69, 9.17) is 4.74 Å². The zero-order chi connectivity index (χ0) is 23.4. The number of quaternary nitrogens is 2. The predicted octanol–water partition coefficient (Wildman–Crippen LogP) is -0.532. The van der Waals surface area contributed by atoms with Crippen LogP contribution in [0.1, 0.15) is 44.1 Å². The Morgan fingerprint density at radius 1 is 1.21 bits per heavy atom. The maximum atomic E-state index is 12.9. The molecule has 0 amide bonds. The van der Waals surface area contributed by atoms with E-state index in [1.54, 1.807) is 4.90 Å². The second-order valence-corrected chi connectivity index (χ2v) is 10.2. The first-order chi connectivity index (χ1) is 15.8. The Labute approximate surface area is 194 Å². The molecule has 9 nitrogen and oxygen atoms in total. The maximum Gasteiger partial charge on any atom is 0.257 e. The molecule has 0 radical (unpaired) electrons. The largest absolute Gasteiger partial charge is 0.370 e. The lowest BCUT2D eigenvalue weighted by Gasteiger charge is -2.25. The molecule has 3 N–H and O–H groups in total. The van der Waals surface area contributed by atoms with Gasteiger partial charge in [0.15, 0.2) is 0 Å². The van der Waals surface area contributed by atoms with Crippen molar-refractivity contribution in [2.24, 2.45) is 0 Å². The standard InChI is InChI=1S/C24H35N7O2/c1-18-7-5-8-19-15-20(23(32)25-22(18)19)16-30(10-6-9-29-11-13-33-14-12-29)17-21-26-27-28-31(21)24(2,3)4/h5,7-8,15H,6,9-14,16-17H2,1-4H3,(H,25,32)/p+2. The van der Waals surface area contributed by atoms with Crippen molar-refractivity contribution in [3.05, 3.63) is 51.6 Å². The molecule has 3 aromatic rings. The Morgan fingerprint density at radius 2 is 2.00 bits per heavy atom. The van der Waals surface area contributed by atoms with Crippen molar-refractivity contribution < 1.29 is 14.5 Å². The lowest BCUT2D eigenvalue weighted by Crippen LogP contribution is -3.15. The number of hydrogen-bond acceptors (Lipinski definition) is 5. The summed E-state index contributed by atoms with van der Waals surface area (Å²) in [5, 5.41) is 13.5. The first-order valence-corrected chi connectivity index (χ1v) is 12.0. The number of aromatic nitrogens is 5. The molecule has 1 aliphatic rings. The predicted molar refractivity (Wildman–Crippen MR) is 126 cm³/mol. The number of hydrogen-bond donors (Lipinski definition) is 3. The molecule has 3 heterocycles. The average Bonchev–Trinajstić information content (AvgIpc) is 3.24. The summed E-state index contributed by atoms with van der Waals surface area (Å²) in [4.78, 5) is 18.9. The van der Waals surface area contributed by atoms with Gasteiger partial charge in [0.1, 0.15) is 26.2 Å². The number of nitrogens with one attached hydrogen (secondary N) is 3. The van der Waals surface area contributed by atoms with Crippen molar-refractivity contribution >= 4 is 10.9 Å². The molecule has 0 spiro atoms. The van der Waals surface area contributed by atoms with E-state index < -0.39 is 0 Å². The van der Waals surface area contributed by atoms with Crippen molar-refractivity contribution in [2.75, 3.05) is 39.4 Å². The number of nitrogens with zero attached hydrogens (tertiary/aromatic N) is 4. The minimum atomic E-state index is -0.195. The van der Waals surface area contributed by atoms with Gasteiger partial charge in [-0.1, -0.05) is 18.2 Å². The molecule has 1 saturated heterocycles. The van der Waals surface area contributed by atoms with Gasteiger partial charge in [0.2, 0.25) is 5.82 Å². The number of morpholine rings is 1. The Morgan fingerprint density at radius 3 is 2.76 bits per heavy atom. The third-order valence-corrected chi connectivity index (χ3v) is 6.44. The highest BCUT2D eigenvalue weighted by atomic mass is 16.5. The van der Waals surface area contributed by atoms with Gasteiger partial charge in [0, 0.05) is 6.42 Å². The Bertz CT molecular complexity index is 1130. The van der Waals surface area contributed by atoms with E-state index in [9.17, 15) is 4.79 Å². The molecular formula is C24H37N7O2+2. The maximum absolute atomic E-state index is 12.9. The number of fused-ring (bicyclic) bond motifs is 1. The molecule has 33 heavy (non-hydrogen) atoms. The first kappa shape index (κ1) is 23.5. The van der Waals surface area contributed by atoms with Crippen LogP contribution in [0.15, 0.2) is 29.1 Å². The van der Waals surface area contributed by atoms with Crippen LogP contribution in [0.2, 0.25) is 0 Å². The summed E-state index contributed by atoms with van der Waals surface area (Å²) >= 11 is 0. The fraction of sp³-hybridized carbons (Fsp3) is 0.583. The van der Waals surface area contributed by atoms with Gasteiger partial charge in [-0.15, -0.1) is 5.10 Å². The molecule has 1 atom stereocenters. The van der Waals surface area contributed by atoms with Crippen molar-refractivity contribution in [1.29, 1.82) is 0 Å². The quantitative estimate of drug-likeness (QED) is 0.425. The van der Waals surface area contributed by atoms with E-state index in [1.807, 2.05) is 29.8 Å². The summed E-state index contributed by atoms with van der Waals surface area (Å²) < 4.78 is 7.39. The number of rotatable bonds is 8. The first-order valence-electron chi connectivity index (χ1n) is 12.0. The van der Waals surface area contributed by atoms with E-state index >= 15 is 0 Å². The summed E-state index contributed by atoms with van der Waals surface area (Å²) in [5.41, 5.74) is 2.60. The highest BCUT2D eigenvalue weighted by Gasteiger charge is 2.24. The second kappa shape index (κ2) is 10.1. The van der Waals surface area contributed by atoms with E-state index in [2.05, 4.69) is 47.3 Å². The molecule has 9 heteroatoms. The number of para-hydroxylation sites is 1. The van der Waals surface area contributed by atoms with Crippen LogP contribution in [0, 0.1) is 6.92 Å². The van der Waals surface area contributed by atoms with Crippen LogP contribution in [0.4, 0.5) is 0 Å². The van der Waals surface area contributed by atoms with Gasteiger partial charge >= 0.3 is 0 Å². The van der Waals surface area contributed by atoms with Crippen molar-refractivity contribution in [1.82, 2.24) is 25.2 Å². The van der Waals surface area contributed by atoms with Gasteiger partial charge in [-0.2, -0.15) is 0 Å². The number of benzene rings is 1. The summed E-state index contributed by atoms with van der Waals surface area (Å²) in [6.07, 6.45) is 1.08. The van der Waals surface area contributed by atoms with Crippen molar-refractivity contribution in [3.8, 4) is 0 Å². The Hall–Kier alpha value is -2.62. The molecular weight excluding hydrogens is 418 g/mol. The number of H-pyrrole nitrogens is 1. The second-order valence-electron chi connectivity index (χ2n) is 10.2. The molecule has 1 unspecified atom stereocenters.